The predicted molar refractivity (Wildman–Crippen MR) is 121 cm³/mol. The molecule has 0 saturated carbocycles. The number of nitro benzene ring substituents is 1. The van der Waals surface area contributed by atoms with Crippen LogP contribution in [0.1, 0.15) is 30.1 Å². The van der Waals surface area contributed by atoms with E-state index in [1.165, 1.54) is 6.07 Å². The van der Waals surface area contributed by atoms with Gasteiger partial charge in [0.2, 0.25) is 0 Å². The number of nitrogens with zero attached hydrogens (tertiary/aromatic N) is 3. The van der Waals surface area contributed by atoms with Gasteiger partial charge in [-0.05, 0) is 43.0 Å². The second-order valence-corrected chi connectivity index (χ2v) is 8.22. The van der Waals surface area contributed by atoms with Crippen molar-refractivity contribution in [2.75, 3.05) is 54.5 Å². The number of carbonyl (C=O) groups is 1. The zero-order chi connectivity index (χ0) is 21.8. The van der Waals surface area contributed by atoms with Gasteiger partial charge in [-0.2, -0.15) is 0 Å². The molecule has 1 atom stereocenters. The highest BCUT2D eigenvalue weighted by molar-refractivity contribution is 6.06. The topological polar surface area (TPSA) is 88.0 Å². The highest BCUT2D eigenvalue weighted by Gasteiger charge is 2.25. The standard InChI is InChI=1S/C23H28N4O4/c1-17-5-4-10-26(16-17)21-9-8-18(15-22(21)27(29)30)23(28)24-19-6-2-3-7-20(19)25-11-13-31-14-12-25/h2-3,6-9,15,17H,4-5,10-14,16H2,1H3,(H,24,28)/t17-/m0/s1. The van der Waals surface area contributed by atoms with E-state index < -0.39 is 4.92 Å². The quantitative estimate of drug-likeness (QED) is 0.578. The molecule has 0 radical (unpaired) electrons. The van der Waals surface area contributed by atoms with Crippen LogP contribution in [0.2, 0.25) is 0 Å². The van der Waals surface area contributed by atoms with Crippen LogP contribution in [0.5, 0.6) is 0 Å². The SMILES string of the molecule is C[C@H]1CCCN(c2ccc(C(=O)Nc3ccccc3N3CCOCC3)cc2[N+](=O)[O-])C1. The summed E-state index contributed by atoms with van der Waals surface area (Å²) in [6.07, 6.45) is 2.15. The van der Waals surface area contributed by atoms with Gasteiger partial charge < -0.3 is 19.9 Å². The summed E-state index contributed by atoms with van der Waals surface area (Å²) in [7, 11) is 0. The molecule has 164 valence electrons. The fraction of sp³-hybridized carbons (Fsp3) is 0.435. The van der Waals surface area contributed by atoms with Crippen LogP contribution in [0.4, 0.5) is 22.7 Å². The minimum Gasteiger partial charge on any atom is -0.378 e. The molecule has 1 amide bonds. The molecule has 31 heavy (non-hydrogen) atoms. The second kappa shape index (κ2) is 9.34. The molecule has 2 fully saturated rings. The molecule has 8 heteroatoms. The largest absolute Gasteiger partial charge is 0.378 e. The number of morpholine rings is 1. The Balaban J connectivity index is 1.57. The molecule has 0 bridgehead atoms. The third kappa shape index (κ3) is 4.80. The maximum atomic E-state index is 13.0. The molecule has 1 N–H and O–H groups in total. The Morgan fingerprint density at radius 2 is 1.87 bits per heavy atom. The van der Waals surface area contributed by atoms with Crippen molar-refractivity contribution in [3.05, 3.63) is 58.1 Å². The van der Waals surface area contributed by atoms with Gasteiger partial charge in [0.05, 0.1) is 29.5 Å². The van der Waals surface area contributed by atoms with E-state index in [0.717, 1.165) is 44.7 Å². The van der Waals surface area contributed by atoms with Crippen LogP contribution in [0, 0.1) is 16.0 Å². The summed E-state index contributed by atoms with van der Waals surface area (Å²) in [6, 6.07) is 12.4. The van der Waals surface area contributed by atoms with Crippen LogP contribution in [0.25, 0.3) is 0 Å². The molecule has 0 aliphatic carbocycles. The van der Waals surface area contributed by atoms with Crippen LogP contribution in [0.15, 0.2) is 42.5 Å². The Hall–Kier alpha value is -3.13. The first-order chi connectivity index (χ1) is 15.0. The fourth-order valence-electron chi connectivity index (χ4n) is 4.34. The van der Waals surface area contributed by atoms with Gasteiger partial charge in [-0.3, -0.25) is 14.9 Å². The van der Waals surface area contributed by atoms with Crippen molar-refractivity contribution < 1.29 is 14.5 Å². The number of amides is 1. The van der Waals surface area contributed by atoms with Crippen LogP contribution in [0.3, 0.4) is 0 Å². The van der Waals surface area contributed by atoms with E-state index in [4.69, 9.17) is 4.74 Å². The van der Waals surface area contributed by atoms with E-state index in [1.54, 1.807) is 12.1 Å². The Morgan fingerprint density at radius 1 is 1.10 bits per heavy atom. The van der Waals surface area contributed by atoms with E-state index in [9.17, 15) is 14.9 Å². The number of anilines is 3. The number of piperidine rings is 1. The second-order valence-electron chi connectivity index (χ2n) is 8.22. The number of carbonyl (C=O) groups excluding carboxylic acids is 1. The molecule has 4 rings (SSSR count). The molecule has 2 aromatic rings. The highest BCUT2D eigenvalue weighted by Crippen LogP contribution is 2.33. The highest BCUT2D eigenvalue weighted by atomic mass is 16.6. The minimum absolute atomic E-state index is 0.0248. The molecule has 2 aliphatic rings. The number of benzene rings is 2. The van der Waals surface area contributed by atoms with Crippen LogP contribution >= 0.6 is 0 Å². The first-order valence-corrected chi connectivity index (χ1v) is 10.8. The van der Waals surface area contributed by atoms with Crippen molar-refractivity contribution in [2.24, 2.45) is 5.92 Å². The average Bonchev–Trinajstić information content (AvgIpc) is 2.79. The number of nitro groups is 1. The molecule has 0 spiro atoms. The van der Waals surface area contributed by atoms with Gasteiger partial charge in [-0.15, -0.1) is 0 Å². The number of rotatable bonds is 5. The van der Waals surface area contributed by atoms with Gasteiger partial charge in [-0.25, -0.2) is 0 Å². The summed E-state index contributed by atoms with van der Waals surface area (Å²) >= 11 is 0. The molecule has 0 aromatic heterocycles. The zero-order valence-electron chi connectivity index (χ0n) is 17.8. The zero-order valence-corrected chi connectivity index (χ0v) is 17.8. The number of nitrogens with one attached hydrogen (secondary N) is 1. The molecule has 8 nitrogen and oxygen atoms in total. The molecular weight excluding hydrogens is 396 g/mol. The summed E-state index contributed by atoms with van der Waals surface area (Å²) < 4.78 is 5.42. The van der Waals surface area contributed by atoms with Gasteiger partial charge in [0.25, 0.3) is 11.6 Å². The van der Waals surface area contributed by atoms with E-state index >= 15 is 0 Å². The normalized spacial score (nSPS) is 19.2. The Labute approximate surface area is 181 Å². The lowest BCUT2D eigenvalue weighted by atomic mass is 9.99. The minimum atomic E-state index is -0.396. The van der Waals surface area contributed by atoms with Crippen LogP contribution in [-0.4, -0.2) is 50.2 Å². The molecule has 2 aliphatic heterocycles. The first kappa shape index (κ1) is 21.1. The van der Waals surface area contributed by atoms with Gasteiger partial charge in [0, 0.05) is 37.8 Å². The van der Waals surface area contributed by atoms with Gasteiger partial charge in [-0.1, -0.05) is 19.1 Å². The van der Waals surface area contributed by atoms with E-state index in [2.05, 4.69) is 22.0 Å². The molecule has 2 saturated heterocycles. The van der Waals surface area contributed by atoms with Gasteiger partial charge in [0.15, 0.2) is 0 Å². The predicted octanol–water partition coefficient (Wildman–Crippen LogP) is 3.92. The Morgan fingerprint density at radius 3 is 2.61 bits per heavy atom. The Bertz CT molecular complexity index is 958. The smallest absolute Gasteiger partial charge is 0.293 e. The monoisotopic (exact) mass is 424 g/mol. The maximum absolute atomic E-state index is 13.0. The van der Waals surface area contributed by atoms with Gasteiger partial charge in [0.1, 0.15) is 5.69 Å². The molecule has 2 aromatic carbocycles. The van der Waals surface area contributed by atoms with Crippen molar-refractivity contribution in [3.8, 4) is 0 Å². The van der Waals surface area contributed by atoms with E-state index in [0.29, 0.717) is 30.5 Å². The summed E-state index contributed by atoms with van der Waals surface area (Å²) in [5.74, 6) is 0.135. The molecule has 0 unspecified atom stereocenters. The van der Waals surface area contributed by atoms with Crippen LogP contribution < -0.4 is 15.1 Å². The lowest BCUT2D eigenvalue weighted by molar-refractivity contribution is -0.384. The van der Waals surface area contributed by atoms with Gasteiger partial charge >= 0.3 is 0 Å². The van der Waals surface area contributed by atoms with Crippen molar-refractivity contribution in [1.82, 2.24) is 0 Å². The number of ether oxygens (including phenoxy) is 1. The summed E-state index contributed by atoms with van der Waals surface area (Å²) in [4.78, 5) is 28.6. The van der Waals surface area contributed by atoms with Crippen LogP contribution in [-0.2, 0) is 4.74 Å². The number of para-hydroxylation sites is 2. The summed E-state index contributed by atoms with van der Waals surface area (Å²) in [5.41, 5.74) is 2.45. The molecular formula is C23H28N4O4. The first-order valence-electron chi connectivity index (χ1n) is 10.8. The lowest BCUT2D eigenvalue weighted by Gasteiger charge is -2.32. The maximum Gasteiger partial charge on any atom is 0.293 e. The average molecular weight is 425 g/mol. The van der Waals surface area contributed by atoms with Crippen molar-refractivity contribution in [2.45, 2.75) is 19.8 Å². The molecule has 2 heterocycles. The van der Waals surface area contributed by atoms with Crippen molar-refractivity contribution >= 4 is 28.7 Å². The van der Waals surface area contributed by atoms with E-state index in [1.807, 2.05) is 24.3 Å². The Kier molecular flexibility index (Phi) is 6.36. The number of hydrogen-bond donors (Lipinski definition) is 1. The van der Waals surface area contributed by atoms with E-state index in [-0.39, 0.29) is 17.2 Å². The van der Waals surface area contributed by atoms with Crippen molar-refractivity contribution in [3.63, 3.8) is 0 Å². The number of hydrogen-bond acceptors (Lipinski definition) is 6. The third-order valence-electron chi connectivity index (χ3n) is 5.94. The summed E-state index contributed by atoms with van der Waals surface area (Å²) in [6.45, 7) is 6.54. The third-order valence-corrected chi connectivity index (χ3v) is 5.94. The van der Waals surface area contributed by atoms with Crippen molar-refractivity contribution in [1.29, 1.82) is 0 Å². The lowest BCUT2D eigenvalue weighted by Crippen LogP contribution is -2.36. The summed E-state index contributed by atoms with van der Waals surface area (Å²) in [5, 5.41) is 14.7. The fourth-order valence-corrected chi connectivity index (χ4v) is 4.34.